The number of halogens is 1. The molecule has 0 bridgehead atoms. The minimum absolute atomic E-state index is 0.0398. The molecule has 2 aliphatic heterocycles. The molecule has 0 radical (unpaired) electrons. The van der Waals surface area contributed by atoms with Gasteiger partial charge in [0.15, 0.2) is 0 Å². The number of amides is 1. The molecule has 4 rings (SSSR count). The minimum atomic E-state index is -0.268. The highest BCUT2D eigenvalue weighted by Gasteiger charge is 2.28. The summed E-state index contributed by atoms with van der Waals surface area (Å²) in [7, 11) is 0. The second-order valence-electron chi connectivity index (χ2n) is 7.42. The lowest BCUT2D eigenvalue weighted by molar-refractivity contribution is -0.126. The molecule has 0 saturated carbocycles. The molecule has 1 amide bonds. The number of benzene rings is 1. The van der Waals surface area contributed by atoms with Crippen molar-refractivity contribution in [2.75, 3.05) is 31.2 Å². The molecular weight excluding hydrogens is 359 g/mol. The summed E-state index contributed by atoms with van der Waals surface area (Å²) >= 11 is 0. The normalized spacial score (nSPS) is 18.8. The summed E-state index contributed by atoms with van der Waals surface area (Å²) in [5, 5.41) is 3.19. The van der Waals surface area contributed by atoms with Gasteiger partial charge in [0.1, 0.15) is 12.1 Å². The molecule has 0 spiro atoms. The van der Waals surface area contributed by atoms with E-state index in [2.05, 4.69) is 20.2 Å². The molecule has 0 unspecified atom stereocenters. The Labute approximate surface area is 164 Å². The first kappa shape index (κ1) is 18.8. The average molecular weight is 384 g/mol. The SMILES string of the molecule is O=C(NC1CCOCC1)C1CCN(c2cncnc2-c2ccc(F)cc2)CC1. The molecule has 1 aromatic carbocycles. The van der Waals surface area contributed by atoms with Crippen molar-refractivity contribution < 1.29 is 13.9 Å². The van der Waals surface area contributed by atoms with Crippen LogP contribution in [0.3, 0.4) is 0 Å². The molecule has 1 aromatic heterocycles. The largest absolute Gasteiger partial charge is 0.381 e. The van der Waals surface area contributed by atoms with E-state index in [1.165, 1.54) is 18.5 Å². The third kappa shape index (κ3) is 4.30. The number of carbonyl (C=O) groups excluding carboxylic acids is 1. The van der Waals surface area contributed by atoms with Crippen LogP contribution in [0.25, 0.3) is 11.3 Å². The zero-order chi connectivity index (χ0) is 19.3. The molecule has 148 valence electrons. The van der Waals surface area contributed by atoms with Gasteiger partial charge in [0, 0.05) is 43.8 Å². The summed E-state index contributed by atoms with van der Waals surface area (Å²) in [6.45, 7) is 2.99. The van der Waals surface area contributed by atoms with Gasteiger partial charge in [-0.15, -0.1) is 0 Å². The fourth-order valence-corrected chi connectivity index (χ4v) is 3.93. The monoisotopic (exact) mass is 384 g/mol. The van der Waals surface area contributed by atoms with Gasteiger partial charge in [-0.3, -0.25) is 4.79 Å². The van der Waals surface area contributed by atoms with E-state index in [9.17, 15) is 9.18 Å². The van der Waals surface area contributed by atoms with Gasteiger partial charge in [0.05, 0.1) is 17.6 Å². The van der Waals surface area contributed by atoms with Crippen molar-refractivity contribution >= 4 is 11.6 Å². The van der Waals surface area contributed by atoms with Gasteiger partial charge in [-0.2, -0.15) is 0 Å². The number of nitrogens with one attached hydrogen (secondary N) is 1. The van der Waals surface area contributed by atoms with E-state index in [0.717, 1.165) is 68.9 Å². The van der Waals surface area contributed by atoms with Crippen LogP contribution in [0.1, 0.15) is 25.7 Å². The van der Waals surface area contributed by atoms with Crippen molar-refractivity contribution in [1.82, 2.24) is 15.3 Å². The lowest BCUT2D eigenvalue weighted by Crippen LogP contribution is -2.45. The van der Waals surface area contributed by atoms with Crippen LogP contribution < -0.4 is 10.2 Å². The first-order valence-corrected chi connectivity index (χ1v) is 9.90. The Morgan fingerprint density at radius 3 is 2.54 bits per heavy atom. The Bertz CT molecular complexity index is 800. The third-order valence-corrected chi connectivity index (χ3v) is 5.58. The van der Waals surface area contributed by atoms with Gasteiger partial charge in [-0.25, -0.2) is 14.4 Å². The third-order valence-electron chi connectivity index (χ3n) is 5.58. The van der Waals surface area contributed by atoms with Gasteiger partial charge in [0.2, 0.25) is 5.91 Å². The van der Waals surface area contributed by atoms with E-state index < -0.39 is 0 Å². The Balaban J connectivity index is 1.40. The van der Waals surface area contributed by atoms with Gasteiger partial charge in [0.25, 0.3) is 0 Å². The van der Waals surface area contributed by atoms with E-state index in [1.807, 2.05) is 0 Å². The molecule has 2 aromatic rings. The first-order valence-electron chi connectivity index (χ1n) is 9.90. The summed E-state index contributed by atoms with van der Waals surface area (Å²) in [5.41, 5.74) is 2.58. The van der Waals surface area contributed by atoms with Gasteiger partial charge in [-0.05, 0) is 49.9 Å². The van der Waals surface area contributed by atoms with Gasteiger partial charge >= 0.3 is 0 Å². The zero-order valence-corrected chi connectivity index (χ0v) is 15.8. The second kappa shape index (κ2) is 8.65. The summed E-state index contributed by atoms with van der Waals surface area (Å²) < 4.78 is 18.6. The van der Waals surface area contributed by atoms with Crippen LogP contribution in [0.15, 0.2) is 36.8 Å². The number of carbonyl (C=O) groups is 1. The average Bonchev–Trinajstić information content (AvgIpc) is 2.75. The van der Waals surface area contributed by atoms with Crippen LogP contribution in [0, 0.1) is 11.7 Å². The molecule has 2 saturated heterocycles. The Morgan fingerprint density at radius 1 is 1.11 bits per heavy atom. The molecule has 2 fully saturated rings. The molecular formula is C21H25FN4O2. The van der Waals surface area contributed by atoms with E-state index in [0.29, 0.717) is 0 Å². The van der Waals surface area contributed by atoms with Gasteiger partial charge in [-0.1, -0.05) is 0 Å². The van der Waals surface area contributed by atoms with Crippen LogP contribution in [-0.4, -0.2) is 48.2 Å². The standard InChI is InChI=1S/C21H25FN4O2/c22-17-3-1-15(2-4-17)20-19(13-23-14-24-20)26-9-5-16(6-10-26)21(27)25-18-7-11-28-12-8-18/h1-4,13-14,16,18H,5-12H2,(H,25,27). The number of anilines is 1. The number of hydrogen-bond acceptors (Lipinski definition) is 5. The van der Waals surface area contributed by atoms with Crippen molar-refractivity contribution in [2.24, 2.45) is 5.92 Å². The maximum atomic E-state index is 13.3. The smallest absolute Gasteiger partial charge is 0.223 e. The molecule has 6 nitrogen and oxygen atoms in total. The minimum Gasteiger partial charge on any atom is -0.381 e. The van der Waals surface area contributed by atoms with Crippen LogP contribution in [0.4, 0.5) is 10.1 Å². The lowest BCUT2D eigenvalue weighted by Gasteiger charge is -2.34. The van der Waals surface area contributed by atoms with Crippen molar-refractivity contribution in [3.8, 4) is 11.3 Å². The number of piperidine rings is 1. The van der Waals surface area contributed by atoms with E-state index in [1.54, 1.807) is 18.3 Å². The lowest BCUT2D eigenvalue weighted by atomic mass is 9.94. The van der Waals surface area contributed by atoms with Crippen LogP contribution in [0.2, 0.25) is 0 Å². The topological polar surface area (TPSA) is 67.3 Å². The molecule has 28 heavy (non-hydrogen) atoms. The highest BCUT2D eigenvalue weighted by atomic mass is 19.1. The van der Waals surface area contributed by atoms with E-state index in [4.69, 9.17) is 4.74 Å². The Morgan fingerprint density at radius 2 is 1.82 bits per heavy atom. The maximum Gasteiger partial charge on any atom is 0.223 e. The zero-order valence-electron chi connectivity index (χ0n) is 15.8. The maximum absolute atomic E-state index is 13.3. The van der Waals surface area contributed by atoms with E-state index in [-0.39, 0.29) is 23.7 Å². The molecule has 0 aliphatic carbocycles. The van der Waals surface area contributed by atoms with Crippen LogP contribution in [0.5, 0.6) is 0 Å². The molecule has 7 heteroatoms. The first-order chi connectivity index (χ1) is 13.7. The summed E-state index contributed by atoms with van der Waals surface area (Å²) in [5.74, 6) is -0.0664. The van der Waals surface area contributed by atoms with Crippen molar-refractivity contribution in [2.45, 2.75) is 31.7 Å². The summed E-state index contributed by atoms with van der Waals surface area (Å²) in [6, 6.07) is 6.58. The van der Waals surface area contributed by atoms with E-state index >= 15 is 0 Å². The fourth-order valence-electron chi connectivity index (χ4n) is 3.93. The van der Waals surface area contributed by atoms with Crippen molar-refractivity contribution in [3.05, 3.63) is 42.6 Å². The number of ether oxygens (including phenoxy) is 1. The fraction of sp³-hybridized carbons (Fsp3) is 0.476. The predicted octanol–water partition coefficient (Wildman–Crippen LogP) is 2.79. The molecule has 3 heterocycles. The molecule has 1 N–H and O–H groups in total. The summed E-state index contributed by atoms with van der Waals surface area (Å²) in [4.78, 5) is 23.4. The molecule has 0 atom stereocenters. The highest BCUT2D eigenvalue weighted by molar-refractivity contribution is 5.80. The highest BCUT2D eigenvalue weighted by Crippen LogP contribution is 2.31. The number of aromatic nitrogens is 2. The Hall–Kier alpha value is -2.54. The number of nitrogens with zero attached hydrogens (tertiary/aromatic N) is 3. The van der Waals surface area contributed by atoms with Crippen LogP contribution >= 0.6 is 0 Å². The molecule has 2 aliphatic rings. The Kier molecular flexibility index (Phi) is 5.81. The number of rotatable bonds is 4. The predicted molar refractivity (Wildman–Crippen MR) is 104 cm³/mol. The second-order valence-corrected chi connectivity index (χ2v) is 7.42. The van der Waals surface area contributed by atoms with Crippen molar-refractivity contribution in [3.63, 3.8) is 0 Å². The van der Waals surface area contributed by atoms with Crippen LogP contribution in [-0.2, 0) is 9.53 Å². The van der Waals surface area contributed by atoms with Crippen molar-refractivity contribution in [1.29, 1.82) is 0 Å². The summed E-state index contributed by atoms with van der Waals surface area (Å²) in [6.07, 6.45) is 6.70. The number of hydrogen-bond donors (Lipinski definition) is 1. The van der Waals surface area contributed by atoms with Gasteiger partial charge < -0.3 is 15.0 Å². The quantitative estimate of drug-likeness (QED) is 0.878.